The van der Waals surface area contributed by atoms with Crippen LogP contribution in [0.4, 0.5) is 5.95 Å². The molecular weight excluding hydrogens is 234 g/mol. The molecule has 0 unspecified atom stereocenters. The molecule has 0 saturated carbocycles. The van der Waals surface area contributed by atoms with Crippen molar-refractivity contribution >= 4 is 17.3 Å². The van der Waals surface area contributed by atoms with Crippen LogP contribution in [-0.4, -0.2) is 22.0 Å². The van der Waals surface area contributed by atoms with Crippen molar-refractivity contribution in [2.45, 2.75) is 20.0 Å². The normalized spacial score (nSPS) is 10.5. The minimum absolute atomic E-state index is 0.430. The summed E-state index contributed by atoms with van der Waals surface area (Å²) in [6.07, 6.45) is 1.73. The highest BCUT2D eigenvalue weighted by atomic mass is 32.1. The second-order valence-corrected chi connectivity index (χ2v) is 4.83. The molecule has 6 heteroatoms. The molecule has 0 aromatic carbocycles. The van der Waals surface area contributed by atoms with Gasteiger partial charge in [-0.3, -0.25) is 0 Å². The summed E-state index contributed by atoms with van der Waals surface area (Å²) in [6, 6.07) is 1.82. The number of rotatable bonds is 4. The first kappa shape index (κ1) is 11.9. The van der Waals surface area contributed by atoms with Crippen molar-refractivity contribution in [2.75, 3.05) is 11.9 Å². The van der Waals surface area contributed by atoms with E-state index in [1.54, 1.807) is 17.5 Å². The average molecular weight is 249 g/mol. The first-order chi connectivity index (χ1) is 8.19. The fourth-order valence-electron chi connectivity index (χ4n) is 1.48. The Balaban J connectivity index is 2.11. The van der Waals surface area contributed by atoms with Gasteiger partial charge in [-0.25, -0.2) is 15.0 Å². The third-order valence-corrected chi connectivity index (χ3v) is 3.14. The smallest absolute Gasteiger partial charge is 0.225 e. The summed E-state index contributed by atoms with van der Waals surface area (Å²) < 4.78 is 0. The summed E-state index contributed by atoms with van der Waals surface area (Å²) in [6.45, 7) is 3.14. The predicted molar refractivity (Wildman–Crippen MR) is 68.9 cm³/mol. The largest absolute Gasteiger partial charge is 0.338 e. The molecule has 2 N–H and O–H groups in total. The molecule has 0 aliphatic rings. The van der Waals surface area contributed by atoms with Gasteiger partial charge in [-0.1, -0.05) is 0 Å². The zero-order valence-electron chi connectivity index (χ0n) is 9.92. The van der Waals surface area contributed by atoms with Gasteiger partial charge in [0.05, 0.1) is 22.9 Å². The lowest BCUT2D eigenvalue weighted by atomic mass is 10.4. The second-order valence-electron chi connectivity index (χ2n) is 3.77. The van der Waals surface area contributed by atoms with Crippen molar-refractivity contribution in [1.29, 1.82) is 0 Å². The van der Waals surface area contributed by atoms with Crippen LogP contribution in [0.2, 0.25) is 0 Å². The van der Waals surface area contributed by atoms with Crippen LogP contribution in [0.1, 0.15) is 16.4 Å². The minimum Gasteiger partial charge on any atom is -0.338 e. The van der Waals surface area contributed by atoms with Crippen LogP contribution < -0.4 is 10.6 Å². The third kappa shape index (κ3) is 2.98. The van der Waals surface area contributed by atoms with Crippen LogP contribution in [0, 0.1) is 6.92 Å². The Kier molecular flexibility index (Phi) is 3.65. The van der Waals surface area contributed by atoms with E-state index in [1.807, 2.05) is 24.9 Å². The molecule has 2 aromatic heterocycles. The number of aromatic nitrogens is 3. The summed E-state index contributed by atoms with van der Waals surface area (Å²) >= 11 is 1.65. The van der Waals surface area contributed by atoms with E-state index in [0.717, 1.165) is 16.4 Å². The van der Waals surface area contributed by atoms with Crippen LogP contribution in [0.15, 0.2) is 17.6 Å². The summed E-state index contributed by atoms with van der Waals surface area (Å²) in [5, 5.41) is 3.13. The Morgan fingerprint density at radius 1 is 1.35 bits per heavy atom. The molecule has 0 bridgehead atoms. The second kappa shape index (κ2) is 5.20. The number of hydrogen-bond acceptors (Lipinski definition) is 6. The lowest BCUT2D eigenvalue weighted by Crippen LogP contribution is -2.20. The van der Waals surface area contributed by atoms with Gasteiger partial charge < -0.3 is 10.6 Å². The number of anilines is 1. The van der Waals surface area contributed by atoms with Crippen molar-refractivity contribution < 1.29 is 0 Å². The van der Waals surface area contributed by atoms with Crippen LogP contribution in [0.25, 0.3) is 0 Å². The lowest BCUT2D eigenvalue weighted by Gasteiger charge is -2.15. The minimum atomic E-state index is 0.430. The summed E-state index contributed by atoms with van der Waals surface area (Å²) in [4.78, 5) is 15.0. The summed E-state index contributed by atoms with van der Waals surface area (Å²) in [5.74, 6) is 0.679. The Hall–Kier alpha value is -1.53. The van der Waals surface area contributed by atoms with Gasteiger partial charge in [0.15, 0.2) is 0 Å². The molecule has 90 valence electrons. The van der Waals surface area contributed by atoms with Gasteiger partial charge in [-0.05, 0) is 13.0 Å². The number of nitrogens with zero attached hydrogens (tertiary/aromatic N) is 4. The van der Waals surface area contributed by atoms with Crippen molar-refractivity contribution in [3.05, 3.63) is 34.0 Å². The fraction of sp³-hybridized carbons (Fsp3) is 0.364. The van der Waals surface area contributed by atoms with E-state index in [1.165, 1.54) is 0 Å². The molecule has 17 heavy (non-hydrogen) atoms. The molecular formula is C11H15N5S. The topological polar surface area (TPSA) is 67.9 Å². The molecule has 0 spiro atoms. The third-order valence-electron chi connectivity index (χ3n) is 2.32. The first-order valence-electron chi connectivity index (χ1n) is 5.33. The molecule has 2 rings (SSSR count). The van der Waals surface area contributed by atoms with Gasteiger partial charge in [0.1, 0.15) is 0 Å². The highest BCUT2D eigenvalue weighted by Gasteiger charge is 2.07. The fourth-order valence-corrected chi connectivity index (χ4v) is 2.08. The zero-order valence-corrected chi connectivity index (χ0v) is 10.7. The highest BCUT2D eigenvalue weighted by molar-refractivity contribution is 7.09. The molecule has 0 aliphatic carbocycles. The first-order valence-corrected chi connectivity index (χ1v) is 6.21. The lowest BCUT2D eigenvalue weighted by molar-refractivity contribution is 0.828. The van der Waals surface area contributed by atoms with Gasteiger partial charge in [-0.2, -0.15) is 0 Å². The summed E-state index contributed by atoms with van der Waals surface area (Å²) in [7, 11) is 1.95. The Morgan fingerprint density at radius 3 is 2.82 bits per heavy atom. The number of thiazole rings is 1. The molecule has 0 amide bonds. The van der Waals surface area contributed by atoms with Gasteiger partial charge >= 0.3 is 0 Å². The Morgan fingerprint density at radius 2 is 2.18 bits per heavy atom. The number of aryl methyl sites for hydroxylation is 1. The SMILES string of the molecule is Cc1nc(CN(C)c2nccc(CN)n2)cs1. The summed E-state index contributed by atoms with van der Waals surface area (Å²) in [5.41, 5.74) is 7.44. The van der Waals surface area contributed by atoms with Crippen molar-refractivity contribution in [2.24, 2.45) is 5.73 Å². The molecule has 5 nitrogen and oxygen atoms in total. The van der Waals surface area contributed by atoms with Gasteiger partial charge in [0, 0.05) is 25.2 Å². The van der Waals surface area contributed by atoms with Gasteiger partial charge in [-0.15, -0.1) is 11.3 Å². The maximum atomic E-state index is 5.56. The van der Waals surface area contributed by atoms with E-state index >= 15 is 0 Å². The van der Waals surface area contributed by atoms with E-state index in [9.17, 15) is 0 Å². The molecule has 0 atom stereocenters. The van der Waals surface area contributed by atoms with Crippen LogP contribution in [-0.2, 0) is 13.1 Å². The molecule has 2 aromatic rings. The average Bonchev–Trinajstić information content (AvgIpc) is 2.75. The Labute approximate surface area is 104 Å². The van der Waals surface area contributed by atoms with Crippen LogP contribution in [0.5, 0.6) is 0 Å². The van der Waals surface area contributed by atoms with Crippen LogP contribution in [0.3, 0.4) is 0 Å². The molecule has 0 radical (unpaired) electrons. The van der Waals surface area contributed by atoms with Gasteiger partial charge in [0.2, 0.25) is 5.95 Å². The molecule has 2 heterocycles. The molecule has 0 saturated heterocycles. The molecule has 0 fully saturated rings. The van der Waals surface area contributed by atoms with Crippen molar-refractivity contribution in [3.8, 4) is 0 Å². The van der Waals surface area contributed by atoms with Crippen molar-refractivity contribution in [1.82, 2.24) is 15.0 Å². The number of hydrogen-bond donors (Lipinski definition) is 1. The standard InChI is InChI=1S/C11H15N5S/c1-8-14-10(7-17-8)6-16(2)11-13-4-3-9(5-12)15-11/h3-4,7H,5-6,12H2,1-2H3. The Bertz CT molecular complexity index is 496. The highest BCUT2D eigenvalue weighted by Crippen LogP contribution is 2.13. The monoisotopic (exact) mass is 249 g/mol. The number of nitrogens with two attached hydrogens (primary N) is 1. The predicted octanol–water partition coefficient (Wildman–Crippen LogP) is 1.34. The zero-order chi connectivity index (χ0) is 12.3. The maximum absolute atomic E-state index is 5.56. The van der Waals surface area contributed by atoms with E-state index in [0.29, 0.717) is 19.0 Å². The van der Waals surface area contributed by atoms with E-state index in [-0.39, 0.29) is 0 Å². The van der Waals surface area contributed by atoms with Crippen LogP contribution >= 0.6 is 11.3 Å². The van der Waals surface area contributed by atoms with Gasteiger partial charge in [0.25, 0.3) is 0 Å². The quantitative estimate of drug-likeness (QED) is 0.885. The van der Waals surface area contributed by atoms with E-state index in [2.05, 4.69) is 20.3 Å². The van der Waals surface area contributed by atoms with E-state index in [4.69, 9.17) is 5.73 Å². The molecule has 0 aliphatic heterocycles. The maximum Gasteiger partial charge on any atom is 0.225 e. The van der Waals surface area contributed by atoms with Crippen molar-refractivity contribution in [3.63, 3.8) is 0 Å². The van der Waals surface area contributed by atoms with E-state index < -0.39 is 0 Å².